The zero-order valence-electron chi connectivity index (χ0n) is 8.96. The molecule has 1 unspecified atom stereocenters. The van der Waals surface area contributed by atoms with Crippen molar-refractivity contribution in [3.05, 3.63) is 0 Å². The largest absolute Gasteiger partial charge is 0.311 e. The van der Waals surface area contributed by atoms with E-state index in [0.717, 1.165) is 12.3 Å². The van der Waals surface area contributed by atoms with E-state index in [9.17, 15) is 0 Å². The van der Waals surface area contributed by atoms with Gasteiger partial charge in [0.25, 0.3) is 0 Å². The summed E-state index contributed by atoms with van der Waals surface area (Å²) in [5.41, 5.74) is 0. The number of nitrogens with zero attached hydrogens (tertiary/aromatic N) is 1. The van der Waals surface area contributed by atoms with E-state index in [1.165, 1.54) is 31.8 Å². The molecule has 1 N–H and O–H groups in total. The van der Waals surface area contributed by atoms with Crippen molar-refractivity contribution in [1.29, 1.82) is 0 Å². The van der Waals surface area contributed by atoms with Crippen molar-refractivity contribution >= 4 is 11.8 Å². The van der Waals surface area contributed by atoms with Crippen LogP contribution in [0.4, 0.5) is 0 Å². The Morgan fingerprint density at radius 1 is 1.64 bits per heavy atom. The molecule has 1 atom stereocenters. The molecule has 80 valence electrons. The first-order valence-electron chi connectivity index (χ1n) is 5.33. The standard InChI is InChI=1S/C11H20N2S/c1-3-8-14-9-7-13-6-5-12-11(4-2)10-13/h1,11-12H,4-10H2,2H3. The number of terminal acetylenes is 1. The average molecular weight is 212 g/mol. The highest BCUT2D eigenvalue weighted by Gasteiger charge is 2.16. The van der Waals surface area contributed by atoms with E-state index in [2.05, 4.69) is 23.1 Å². The molecular weight excluding hydrogens is 192 g/mol. The van der Waals surface area contributed by atoms with Crippen molar-refractivity contribution in [2.45, 2.75) is 19.4 Å². The zero-order chi connectivity index (χ0) is 10.2. The molecule has 0 aromatic rings. The molecule has 14 heavy (non-hydrogen) atoms. The summed E-state index contributed by atoms with van der Waals surface area (Å²) in [5, 5.41) is 3.52. The molecule has 0 amide bonds. The van der Waals surface area contributed by atoms with Crippen LogP contribution in [0.5, 0.6) is 0 Å². The molecule has 1 saturated heterocycles. The minimum atomic E-state index is 0.696. The Morgan fingerprint density at radius 3 is 3.21 bits per heavy atom. The van der Waals surface area contributed by atoms with E-state index in [0.29, 0.717) is 6.04 Å². The normalized spacial score (nSPS) is 23.3. The minimum Gasteiger partial charge on any atom is -0.311 e. The molecule has 0 bridgehead atoms. The van der Waals surface area contributed by atoms with Gasteiger partial charge in [0.2, 0.25) is 0 Å². The van der Waals surface area contributed by atoms with Crippen LogP contribution in [0.3, 0.4) is 0 Å². The van der Waals surface area contributed by atoms with Crippen molar-refractivity contribution in [3.63, 3.8) is 0 Å². The van der Waals surface area contributed by atoms with Crippen LogP contribution in [0.15, 0.2) is 0 Å². The quantitative estimate of drug-likeness (QED) is 0.541. The number of thioether (sulfide) groups is 1. The second-order valence-corrected chi connectivity index (χ2v) is 4.72. The third-order valence-corrected chi connectivity index (χ3v) is 3.41. The van der Waals surface area contributed by atoms with E-state index >= 15 is 0 Å². The smallest absolute Gasteiger partial charge is 0.0545 e. The first-order valence-corrected chi connectivity index (χ1v) is 6.49. The van der Waals surface area contributed by atoms with Crippen molar-refractivity contribution in [3.8, 4) is 12.3 Å². The first-order chi connectivity index (χ1) is 6.86. The lowest BCUT2D eigenvalue weighted by molar-refractivity contribution is 0.207. The van der Waals surface area contributed by atoms with Gasteiger partial charge >= 0.3 is 0 Å². The third kappa shape index (κ3) is 4.36. The summed E-state index contributed by atoms with van der Waals surface area (Å²) in [5.74, 6) is 4.68. The summed E-state index contributed by atoms with van der Waals surface area (Å²) in [6, 6.07) is 0.696. The van der Waals surface area contributed by atoms with Gasteiger partial charge in [-0.25, -0.2) is 0 Å². The Labute approximate surface area is 91.8 Å². The van der Waals surface area contributed by atoms with Crippen molar-refractivity contribution < 1.29 is 0 Å². The van der Waals surface area contributed by atoms with Gasteiger partial charge in [-0.2, -0.15) is 0 Å². The summed E-state index contributed by atoms with van der Waals surface area (Å²) >= 11 is 1.86. The number of hydrogen-bond acceptors (Lipinski definition) is 3. The van der Waals surface area contributed by atoms with Crippen LogP contribution in [0.25, 0.3) is 0 Å². The maximum atomic E-state index is 5.20. The number of rotatable bonds is 5. The van der Waals surface area contributed by atoms with Gasteiger partial charge in [-0.1, -0.05) is 12.8 Å². The second-order valence-electron chi connectivity index (χ2n) is 3.62. The van der Waals surface area contributed by atoms with Crippen molar-refractivity contribution in [2.75, 3.05) is 37.7 Å². The summed E-state index contributed by atoms with van der Waals surface area (Å²) in [6.07, 6.45) is 6.43. The molecule has 0 aliphatic carbocycles. The van der Waals surface area contributed by atoms with Gasteiger partial charge in [-0.3, -0.25) is 4.90 Å². The van der Waals surface area contributed by atoms with Gasteiger partial charge in [0, 0.05) is 38.0 Å². The Hall–Kier alpha value is -0.170. The van der Waals surface area contributed by atoms with Crippen LogP contribution in [0.2, 0.25) is 0 Å². The van der Waals surface area contributed by atoms with E-state index in [1.807, 2.05) is 11.8 Å². The van der Waals surface area contributed by atoms with Crippen LogP contribution < -0.4 is 5.32 Å². The first kappa shape index (κ1) is 11.9. The molecule has 0 aromatic heterocycles. The molecule has 2 nitrogen and oxygen atoms in total. The van der Waals surface area contributed by atoms with E-state index < -0.39 is 0 Å². The number of hydrogen-bond donors (Lipinski definition) is 1. The maximum Gasteiger partial charge on any atom is 0.0545 e. The molecule has 0 aromatic carbocycles. The van der Waals surface area contributed by atoms with Crippen molar-refractivity contribution in [2.24, 2.45) is 0 Å². The van der Waals surface area contributed by atoms with Crippen LogP contribution in [0, 0.1) is 12.3 Å². The SMILES string of the molecule is C#CCSCCN1CCNC(CC)C1. The van der Waals surface area contributed by atoms with Gasteiger partial charge in [0.1, 0.15) is 0 Å². The van der Waals surface area contributed by atoms with E-state index in [-0.39, 0.29) is 0 Å². The molecule has 0 spiro atoms. The molecule has 3 heteroatoms. The predicted octanol–water partition coefficient (Wildman–Crippen LogP) is 1.04. The molecule has 1 fully saturated rings. The second kappa shape index (κ2) is 7.17. The van der Waals surface area contributed by atoms with Gasteiger partial charge < -0.3 is 5.32 Å². The Kier molecular flexibility index (Phi) is 6.09. The van der Waals surface area contributed by atoms with Crippen LogP contribution in [0.1, 0.15) is 13.3 Å². The molecule has 1 aliphatic heterocycles. The van der Waals surface area contributed by atoms with Gasteiger partial charge in [0.05, 0.1) is 5.75 Å². The maximum absolute atomic E-state index is 5.20. The molecule has 1 heterocycles. The molecule has 1 rings (SSSR count). The molecule has 0 radical (unpaired) electrons. The molecule has 1 aliphatic rings. The summed E-state index contributed by atoms with van der Waals surface area (Å²) in [6.45, 7) is 6.96. The lowest BCUT2D eigenvalue weighted by atomic mass is 10.1. The lowest BCUT2D eigenvalue weighted by Crippen LogP contribution is -2.50. The fraction of sp³-hybridized carbons (Fsp3) is 0.818. The number of nitrogens with one attached hydrogen (secondary N) is 1. The Balaban J connectivity index is 2.08. The highest BCUT2D eigenvalue weighted by Crippen LogP contribution is 2.05. The highest BCUT2D eigenvalue weighted by atomic mass is 32.2. The highest BCUT2D eigenvalue weighted by molar-refractivity contribution is 7.99. The molecule has 0 saturated carbocycles. The lowest BCUT2D eigenvalue weighted by Gasteiger charge is -2.33. The van der Waals surface area contributed by atoms with Crippen molar-refractivity contribution in [1.82, 2.24) is 10.2 Å². The van der Waals surface area contributed by atoms with Crippen LogP contribution in [-0.2, 0) is 0 Å². The predicted molar refractivity (Wildman–Crippen MR) is 64.7 cm³/mol. The zero-order valence-corrected chi connectivity index (χ0v) is 9.78. The Morgan fingerprint density at radius 2 is 2.50 bits per heavy atom. The third-order valence-electron chi connectivity index (χ3n) is 2.57. The van der Waals surface area contributed by atoms with Gasteiger partial charge in [-0.15, -0.1) is 18.2 Å². The van der Waals surface area contributed by atoms with Crippen LogP contribution in [-0.4, -0.2) is 48.6 Å². The van der Waals surface area contributed by atoms with Gasteiger partial charge in [-0.05, 0) is 6.42 Å². The fourth-order valence-electron chi connectivity index (χ4n) is 1.70. The summed E-state index contributed by atoms with van der Waals surface area (Å²) in [7, 11) is 0. The molecular formula is C11H20N2S. The minimum absolute atomic E-state index is 0.696. The fourth-order valence-corrected chi connectivity index (χ4v) is 2.35. The van der Waals surface area contributed by atoms with E-state index in [4.69, 9.17) is 6.42 Å². The summed E-state index contributed by atoms with van der Waals surface area (Å²) in [4.78, 5) is 2.54. The van der Waals surface area contributed by atoms with E-state index in [1.54, 1.807) is 0 Å². The topological polar surface area (TPSA) is 15.3 Å². The van der Waals surface area contributed by atoms with Crippen LogP contribution >= 0.6 is 11.8 Å². The number of piperazine rings is 1. The monoisotopic (exact) mass is 212 g/mol. The summed E-state index contributed by atoms with van der Waals surface area (Å²) < 4.78 is 0. The average Bonchev–Trinajstić information content (AvgIpc) is 2.25. The Bertz CT molecular complexity index is 188. The van der Waals surface area contributed by atoms with Gasteiger partial charge in [0.15, 0.2) is 0 Å².